The van der Waals surface area contributed by atoms with Crippen LogP contribution >= 0.6 is 11.8 Å². The van der Waals surface area contributed by atoms with Gasteiger partial charge in [0.25, 0.3) is 0 Å². The summed E-state index contributed by atoms with van der Waals surface area (Å²) in [4.78, 5) is 21.9. The number of carboxylic acid groups (broad SMARTS) is 1. The first-order valence-electron chi connectivity index (χ1n) is 15.8. The third-order valence-electron chi connectivity index (χ3n) is 8.05. The summed E-state index contributed by atoms with van der Waals surface area (Å²) >= 11 is 1.70. The lowest BCUT2D eigenvalue weighted by molar-refractivity contribution is -0.147. The second-order valence-corrected chi connectivity index (χ2v) is 15.4. The number of alkyl halides is 3. The normalized spacial score (nSPS) is 12.4. The number of nitrogens with zero attached hydrogens (tertiary/aromatic N) is 3. The largest absolute Gasteiger partial charge is 0.487 e. The van der Waals surface area contributed by atoms with Crippen molar-refractivity contribution in [2.45, 2.75) is 83.4 Å². The van der Waals surface area contributed by atoms with Crippen molar-refractivity contribution in [1.82, 2.24) is 14.5 Å². The number of hydrogen-bond acceptors (Lipinski definition) is 5. The summed E-state index contributed by atoms with van der Waals surface area (Å²) in [5, 5.41) is 11.1. The van der Waals surface area contributed by atoms with E-state index in [2.05, 4.69) is 48.3 Å². The number of ether oxygens (including phenoxy) is 1. The van der Waals surface area contributed by atoms with E-state index in [1.807, 2.05) is 54.7 Å². The molecule has 3 heterocycles. The maximum Gasteiger partial charge on any atom is 0.417 e. The van der Waals surface area contributed by atoms with Gasteiger partial charge in [0.15, 0.2) is 0 Å². The molecule has 6 nitrogen and oxygen atoms in total. The first-order chi connectivity index (χ1) is 22.5. The lowest BCUT2D eigenvalue weighted by Crippen LogP contribution is -2.28. The van der Waals surface area contributed by atoms with Crippen LogP contribution in [-0.2, 0) is 37.0 Å². The molecule has 10 heteroatoms. The van der Waals surface area contributed by atoms with Crippen LogP contribution < -0.4 is 4.74 Å². The molecule has 0 radical (unpaired) electrons. The molecule has 5 aromatic rings. The van der Waals surface area contributed by atoms with Gasteiger partial charge in [0, 0.05) is 57.2 Å². The average Bonchev–Trinajstić information content (AvgIpc) is 3.29. The molecule has 0 aliphatic carbocycles. The minimum Gasteiger partial charge on any atom is -0.487 e. The van der Waals surface area contributed by atoms with Crippen molar-refractivity contribution >= 4 is 28.6 Å². The molecule has 0 fully saturated rings. The zero-order chi connectivity index (χ0) is 34.9. The van der Waals surface area contributed by atoms with Crippen molar-refractivity contribution in [1.29, 1.82) is 0 Å². The molecule has 0 aliphatic heterocycles. The Balaban J connectivity index is 1.54. The second kappa shape index (κ2) is 13.7. The number of aromatic nitrogens is 3. The third kappa shape index (κ3) is 8.21. The van der Waals surface area contributed by atoms with Gasteiger partial charge in [-0.1, -0.05) is 58.0 Å². The highest BCUT2D eigenvalue weighted by molar-refractivity contribution is 8.00. The van der Waals surface area contributed by atoms with Crippen LogP contribution in [0.15, 0.2) is 84.0 Å². The van der Waals surface area contributed by atoms with Crippen molar-refractivity contribution in [3.63, 3.8) is 0 Å². The first-order valence-corrected chi connectivity index (χ1v) is 16.6. The van der Waals surface area contributed by atoms with E-state index in [-0.39, 0.29) is 4.75 Å². The molecule has 5 rings (SSSR count). The van der Waals surface area contributed by atoms with Gasteiger partial charge in [-0.3, -0.25) is 14.8 Å². The lowest BCUT2D eigenvalue weighted by Gasteiger charge is -2.24. The van der Waals surface area contributed by atoms with Gasteiger partial charge in [0.1, 0.15) is 12.4 Å². The molecule has 1 N–H and O–H groups in total. The Labute approximate surface area is 283 Å². The standard InChI is InChI=1S/C38H40F3N3O3S/c1-7-24-10-14-28(42-20-24)23-47-29-15-17-32-30(18-29)34(48-36(2,3)4)33(19-37(5,6)35(45)46)44(32)22-25-8-11-26(12-9-25)31-16-13-27(21-43-31)38(39,40)41/h8-18,20-21H,7,19,22-23H2,1-6H3,(H,45,46). The Hall–Kier alpha value is -4.31. The Morgan fingerprint density at radius 3 is 2.17 bits per heavy atom. The SMILES string of the molecule is CCc1ccc(COc2ccc3c(c2)c(SC(C)(C)C)c(CC(C)(C)C(=O)O)n3Cc2ccc(-c3ccc(C(F)(F)F)cn3)cc2)nc1. The summed E-state index contributed by atoms with van der Waals surface area (Å²) in [6.45, 7) is 12.7. The van der Waals surface area contributed by atoms with Gasteiger partial charge in [-0.05, 0) is 67.8 Å². The molecule has 0 saturated carbocycles. The number of thioether (sulfide) groups is 1. The van der Waals surface area contributed by atoms with Crippen molar-refractivity contribution < 1.29 is 27.8 Å². The van der Waals surface area contributed by atoms with E-state index in [1.165, 1.54) is 6.07 Å². The minimum atomic E-state index is -4.45. The number of fused-ring (bicyclic) bond motifs is 1. The predicted molar refractivity (Wildman–Crippen MR) is 184 cm³/mol. The molecular formula is C38H40F3N3O3S. The maximum absolute atomic E-state index is 13.0. The fourth-order valence-corrected chi connectivity index (χ4v) is 6.50. The second-order valence-electron chi connectivity index (χ2n) is 13.5. The van der Waals surface area contributed by atoms with Crippen LogP contribution in [0.2, 0.25) is 0 Å². The zero-order valence-corrected chi connectivity index (χ0v) is 28.8. The summed E-state index contributed by atoms with van der Waals surface area (Å²) in [5.74, 6) is -0.195. The zero-order valence-electron chi connectivity index (χ0n) is 28.0. The topological polar surface area (TPSA) is 77.2 Å². The Bertz CT molecular complexity index is 1890. The van der Waals surface area contributed by atoms with E-state index in [1.54, 1.807) is 25.6 Å². The molecule has 0 amide bonds. The molecule has 48 heavy (non-hydrogen) atoms. The highest BCUT2D eigenvalue weighted by Gasteiger charge is 2.33. The van der Waals surface area contributed by atoms with E-state index < -0.39 is 23.1 Å². The summed E-state index contributed by atoms with van der Waals surface area (Å²) in [6.07, 6.45) is -0.527. The van der Waals surface area contributed by atoms with Gasteiger partial charge < -0.3 is 14.4 Å². The Morgan fingerprint density at radius 2 is 1.60 bits per heavy atom. The van der Waals surface area contributed by atoms with E-state index >= 15 is 0 Å². The number of carbonyl (C=O) groups is 1. The molecule has 0 bridgehead atoms. The van der Waals surface area contributed by atoms with Gasteiger partial charge in [0.2, 0.25) is 0 Å². The number of aryl methyl sites for hydroxylation is 1. The van der Waals surface area contributed by atoms with Gasteiger partial charge in [-0.2, -0.15) is 13.2 Å². The monoisotopic (exact) mass is 675 g/mol. The van der Waals surface area contributed by atoms with Gasteiger partial charge in [0.05, 0.1) is 22.4 Å². The smallest absolute Gasteiger partial charge is 0.417 e. The quantitative estimate of drug-likeness (QED) is 0.141. The molecular weight excluding hydrogens is 635 g/mol. The van der Waals surface area contributed by atoms with Gasteiger partial charge >= 0.3 is 12.1 Å². The van der Waals surface area contributed by atoms with Crippen LogP contribution in [0, 0.1) is 5.41 Å². The Kier molecular flexibility index (Phi) is 9.97. The highest BCUT2D eigenvalue weighted by Crippen LogP contribution is 2.44. The van der Waals surface area contributed by atoms with Crippen LogP contribution in [0.5, 0.6) is 5.75 Å². The number of pyridine rings is 2. The van der Waals surface area contributed by atoms with Crippen molar-refractivity contribution in [3.05, 3.63) is 107 Å². The minimum absolute atomic E-state index is 0.167. The van der Waals surface area contributed by atoms with Gasteiger partial charge in [-0.25, -0.2) is 0 Å². The molecule has 0 unspecified atom stereocenters. The number of benzene rings is 2. The average molecular weight is 676 g/mol. The maximum atomic E-state index is 13.0. The highest BCUT2D eigenvalue weighted by atomic mass is 32.2. The molecule has 0 aliphatic rings. The molecule has 3 aromatic heterocycles. The van der Waals surface area contributed by atoms with Crippen molar-refractivity contribution in [2.75, 3.05) is 0 Å². The van der Waals surface area contributed by atoms with E-state index in [0.29, 0.717) is 36.6 Å². The molecule has 0 atom stereocenters. The lowest BCUT2D eigenvalue weighted by atomic mass is 9.88. The summed E-state index contributed by atoms with van der Waals surface area (Å²) in [5.41, 5.74) is 4.11. The number of halogens is 3. The van der Waals surface area contributed by atoms with E-state index in [9.17, 15) is 23.1 Å². The van der Waals surface area contributed by atoms with Crippen LogP contribution in [-0.4, -0.2) is 30.4 Å². The van der Waals surface area contributed by atoms with E-state index in [0.717, 1.165) is 57.0 Å². The summed E-state index contributed by atoms with van der Waals surface area (Å²) in [7, 11) is 0. The van der Waals surface area contributed by atoms with Crippen LogP contribution in [0.4, 0.5) is 13.2 Å². The van der Waals surface area contributed by atoms with E-state index in [4.69, 9.17) is 4.74 Å². The first kappa shape index (κ1) is 35.0. The van der Waals surface area contributed by atoms with Crippen LogP contribution in [0.3, 0.4) is 0 Å². The van der Waals surface area contributed by atoms with Crippen molar-refractivity contribution in [3.8, 4) is 17.0 Å². The number of rotatable bonds is 11. The molecule has 252 valence electrons. The molecule has 2 aromatic carbocycles. The predicted octanol–water partition coefficient (Wildman–Crippen LogP) is 9.85. The molecule has 0 saturated heterocycles. The van der Waals surface area contributed by atoms with Crippen LogP contribution in [0.25, 0.3) is 22.2 Å². The molecule has 0 spiro atoms. The fraction of sp³-hybridized carbons (Fsp3) is 0.342. The Morgan fingerprint density at radius 1 is 0.896 bits per heavy atom. The number of hydrogen-bond donors (Lipinski definition) is 1. The fourth-order valence-electron chi connectivity index (χ4n) is 5.32. The summed E-state index contributed by atoms with van der Waals surface area (Å²) < 4.78 is 47.3. The number of carboxylic acids is 1. The number of aliphatic carboxylic acids is 1. The third-order valence-corrected chi connectivity index (χ3v) is 9.32. The van der Waals surface area contributed by atoms with Crippen molar-refractivity contribution in [2.24, 2.45) is 5.41 Å². The van der Waals surface area contributed by atoms with Gasteiger partial charge in [-0.15, -0.1) is 11.8 Å². The summed E-state index contributed by atoms with van der Waals surface area (Å²) in [6, 6.07) is 19.9. The van der Waals surface area contributed by atoms with Crippen LogP contribution in [0.1, 0.15) is 69.6 Å².